The van der Waals surface area contributed by atoms with Crippen molar-refractivity contribution in [2.24, 2.45) is 7.05 Å². The van der Waals surface area contributed by atoms with E-state index < -0.39 is 0 Å². The highest BCUT2D eigenvalue weighted by molar-refractivity contribution is 6.32. The van der Waals surface area contributed by atoms with Crippen molar-refractivity contribution in [2.45, 2.75) is 5.92 Å². The molecule has 2 aromatic heterocycles. The van der Waals surface area contributed by atoms with Gasteiger partial charge < -0.3 is 24.7 Å². The number of benzene rings is 2. The van der Waals surface area contributed by atoms with Crippen LogP contribution in [0.15, 0.2) is 67.1 Å². The van der Waals surface area contributed by atoms with E-state index >= 15 is 0 Å². The molecule has 7 nitrogen and oxygen atoms in total. The number of para-hydroxylation sites is 1. The van der Waals surface area contributed by atoms with Crippen molar-refractivity contribution in [2.75, 3.05) is 26.1 Å². The Balaban J connectivity index is 1.58. The van der Waals surface area contributed by atoms with Crippen LogP contribution in [0, 0.1) is 0 Å². The quantitative estimate of drug-likeness (QED) is 0.394. The Morgan fingerprint density at radius 1 is 1.12 bits per heavy atom. The fraction of sp³-hybridized carbons (Fsp3) is 0.200. The van der Waals surface area contributed by atoms with Crippen LogP contribution in [0.1, 0.15) is 17.0 Å². The van der Waals surface area contributed by atoms with E-state index in [2.05, 4.69) is 38.5 Å². The molecule has 2 aromatic carbocycles. The van der Waals surface area contributed by atoms with E-state index in [-0.39, 0.29) is 11.9 Å². The predicted octanol–water partition coefficient (Wildman–Crippen LogP) is 5.20. The number of anilines is 1. The van der Waals surface area contributed by atoms with Crippen LogP contribution in [0.25, 0.3) is 10.9 Å². The first kappa shape index (κ1) is 22.5. The molecule has 2 N–H and O–H groups in total. The van der Waals surface area contributed by atoms with Gasteiger partial charge in [-0.2, -0.15) is 0 Å². The molecule has 8 heteroatoms. The molecule has 33 heavy (non-hydrogen) atoms. The van der Waals surface area contributed by atoms with Crippen molar-refractivity contribution in [3.8, 4) is 11.5 Å². The predicted molar refractivity (Wildman–Crippen MR) is 131 cm³/mol. The van der Waals surface area contributed by atoms with Crippen LogP contribution in [0.5, 0.6) is 11.5 Å². The molecular formula is C25H25ClN4O3. The molecule has 170 valence electrons. The van der Waals surface area contributed by atoms with Crippen LogP contribution in [0.4, 0.5) is 10.5 Å². The summed E-state index contributed by atoms with van der Waals surface area (Å²) in [5.41, 5.74) is 3.71. The number of hydrogen-bond donors (Lipinski definition) is 2. The first-order chi connectivity index (χ1) is 16.0. The third-order valence-electron chi connectivity index (χ3n) is 5.58. The average Bonchev–Trinajstić information content (AvgIpc) is 3.16. The summed E-state index contributed by atoms with van der Waals surface area (Å²) >= 11 is 6.23. The summed E-state index contributed by atoms with van der Waals surface area (Å²) in [6.07, 6.45) is 5.68. The van der Waals surface area contributed by atoms with Crippen molar-refractivity contribution in [3.63, 3.8) is 0 Å². The molecule has 2 amide bonds. The Bertz CT molecular complexity index is 1270. The number of ether oxygens (including phenoxy) is 2. The van der Waals surface area contributed by atoms with E-state index in [1.54, 1.807) is 18.3 Å². The molecule has 0 bridgehead atoms. The molecule has 4 aromatic rings. The van der Waals surface area contributed by atoms with E-state index in [1.165, 1.54) is 14.2 Å². The van der Waals surface area contributed by atoms with Crippen LogP contribution in [0.3, 0.4) is 0 Å². The van der Waals surface area contributed by atoms with Gasteiger partial charge in [0.1, 0.15) is 11.5 Å². The number of aryl methyl sites for hydroxylation is 1. The van der Waals surface area contributed by atoms with Gasteiger partial charge >= 0.3 is 6.03 Å². The number of methoxy groups -OCH3 is 2. The topological polar surface area (TPSA) is 77.4 Å². The van der Waals surface area contributed by atoms with Crippen molar-refractivity contribution < 1.29 is 14.3 Å². The highest BCUT2D eigenvalue weighted by Gasteiger charge is 2.21. The van der Waals surface area contributed by atoms with Crippen molar-refractivity contribution in [1.82, 2.24) is 14.9 Å². The van der Waals surface area contributed by atoms with E-state index in [9.17, 15) is 4.79 Å². The summed E-state index contributed by atoms with van der Waals surface area (Å²) in [7, 11) is 5.06. The summed E-state index contributed by atoms with van der Waals surface area (Å²) in [5.74, 6) is 0.827. The van der Waals surface area contributed by atoms with Crippen molar-refractivity contribution in [3.05, 3.63) is 83.3 Å². The van der Waals surface area contributed by atoms with Gasteiger partial charge in [0.15, 0.2) is 0 Å². The normalized spacial score (nSPS) is 11.8. The summed E-state index contributed by atoms with van der Waals surface area (Å²) in [4.78, 5) is 17.1. The van der Waals surface area contributed by atoms with E-state index in [0.717, 1.165) is 22.0 Å². The molecule has 0 aliphatic rings. The van der Waals surface area contributed by atoms with E-state index in [1.807, 2.05) is 37.5 Å². The largest absolute Gasteiger partial charge is 0.495 e. The van der Waals surface area contributed by atoms with Crippen LogP contribution in [0.2, 0.25) is 5.02 Å². The number of urea groups is 1. The fourth-order valence-electron chi connectivity index (χ4n) is 3.96. The Kier molecular flexibility index (Phi) is 6.70. The summed E-state index contributed by atoms with van der Waals surface area (Å²) in [5, 5.41) is 7.31. The lowest BCUT2D eigenvalue weighted by atomic mass is 9.92. The Morgan fingerprint density at radius 3 is 2.64 bits per heavy atom. The first-order valence-corrected chi connectivity index (χ1v) is 10.8. The van der Waals surface area contributed by atoms with Gasteiger partial charge in [-0.1, -0.05) is 35.9 Å². The molecule has 0 fully saturated rings. The molecule has 0 unspecified atom stereocenters. The molecule has 0 radical (unpaired) electrons. The smallest absolute Gasteiger partial charge is 0.319 e. The highest BCUT2D eigenvalue weighted by atomic mass is 35.5. The van der Waals surface area contributed by atoms with Gasteiger partial charge in [0.2, 0.25) is 0 Å². The number of rotatable bonds is 7. The van der Waals surface area contributed by atoms with Gasteiger partial charge in [-0.3, -0.25) is 4.98 Å². The third-order valence-corrected chi connectivity index (χ3v) is 5.87. The number of fused-ring (bicyclic) bond motifs is 1. The number of nitrogens with zero attached hydrogens (tertiary/aromatic N) is 2. The van der Waals surface area contributed by atoms with Crippen LogP contribution >= 0.6 is 11.6 Å². The number of halogens is 1. The molecule has 0 saturated carbocycles. The zero-order valence-corrected chi connectivity index (χ0v) is 19.4. The van der Waals surface area contributed by atoms with Gasteiger partial charge in [-0.25, -0.2) is 4.79 Å². The summed E-state index contributed by atoms with van der Waals surface area (Å²) in [6, 6.07) is 15.0. The van der Waals surface area contributed by atoms with E-state index in [4.69, 9.17) is 21.1 Å². The molecule has 0 aliphatic heterocycles. The maximum Gasteiger partial charge on any atom is 0.319 e. The third kappa shape index (κ3) is 4.73. The lowest BCUT2D eigenvalue weighted by molar-refractivity contribution is 0.251. The van der Waals surface area contributed by atoms with Gasteiger partial charge in [0.25, 0.3) is 0 Å². The number of hydrogen-bond acceptors (Lipinski definition) is 4. The second-order valence-corrected chi connectivity index (χ2v) is 7.98. The SMILES string of the molecule is COc1cc(OC)c(NC(=O)NC[C@H](c2cccnc2)c2cn(C)c3ccccc23)cc1Cl. The number of aromatic nitrogens is 2. The number of pyridine rings is 1. The molecule has 1 atom stereocenters. The first-order valence-electron chi connectivity index (χ1n) is 10.4. The summed E-state index contributed by atoms with van der Waals surface area (Å²) in [6.45, 7) is 0.373. The van der Waals surface area contributed by atoms with Crippen LogP contribution < -0.4 is 20.1 Å². The molecule has 4 rings (SSSR count). The highest BCUT2D eigenvalue weighted by Crippen LogP contribution is 2.36. The van der Waals surface area contributed by atoms with Crippen LogP contribution in [-0.2, 0) is 7.05 Å². The molecule has 0 saturated heterocycles. The Morgan fingerprint density at radius 2 is 1.91 bits per heavy atom. The number of carbonyl (C=O) groups excluding carboxylic acids is 1. The lowest BCUT2D eigenvalue weighted by Crippen LogP contribution is -2.33. The lowest BCUT2D eigenvalue weighted by Gasteiger charge is -2.19. The number of carbonyl (C=O) groups is 1. The van der Waals surface area contributed by atoms with Crippen molar-refractivity contribution >= 4 is 34.2 Å². The maximum absolute atomic E-state index is 12.8. The van der Waals surface area contributed by atoms with Gasteiger partial charge in [-0.05, 0) is 29.3 Å². The Labute approximate surface area is 197 Å². The monoisotopic (exact) mass is 464 g/mol. The second kappa shape index (κ2) is 9.83. The second-order valence-electron chi connectivity index (χ2n) is 7.57. The zero-order valence-electron chi connectivity index (χ0n) is 18.6. The summed E-state index contributed by atoms with van der Waals surface area (Å²) < 4.78 is 12.7. The zero-order chi connectivity index (χ0) is 23.4. The molecule has 2 heterocycles. The maximum atomic E-state index is 12.8. The molecular weight excluding hydrogens is 440 g/mol. The minimum Gasteiger partial charge on any atom is -0.495 e. The number of amides is 2. The standard InChI is InChI=1S/C25H25ClN4O3/c1-30-15-19(17-8-4-5-9-22(17)30)18(16-7-6-10-27-13-16)14-28-25(31)29-21-11-20(26)23(32-2)12-24(21)33-3/h4-13,15,18H,14H2,1-3H3,(H2,28,29,31)/t18-/m1/s1. The minimum atomic E-state index is -0.372. The Hall–Kier alpha value is -3.71. The fourth-order valence-corrected chi connectivity index (χ4v) is 4.20. The van der Waals surface area contributed by atoms with Crippen LogP contribution in [-0.4, -0.2) is 36.3 Å². The van der Waals surface area contributed by atoms with Gasteiger partial charge in [0, 0.05) is 55.1 Å². The average molecular weight is 465 g/mol. The molecule has 0 aliphatic carbocycles. The van der Waals surface area contributed by atoms with Gasteiger partial charge in [-0.15, -0.1) is 0 Å². The number of nitrogens with one attached hydrogen (secondary N) is 2. The molecule has 0 spiro atoms. The van der Waals surface area contributed by atoms with Gasteiger partial charge in [0.05, 0.1) is 24.9 Å². The minimum absolute atomic E-state index is 0.0862. The van der Waals surface area contributed by atoms with E-state index in [0.29, 0.717) is 28.8 Å². The van der Waals surface area contributed by atoms with Crippen molar-refractivity contribution in [1.29, 1.82) is 0 Å².